The Balaban J connectivity index is 2.82. The van der Waals surface area contributed by atoms with Gasteiger partial charge in [-0.25, -0.2) is 0 Å². The second kappa shape index (κ2) is 8.50. The first-order chi connectivity index (χ1) is 11.5. The number of ether oxygens (including phenoxy) is 1. The topological polar surface area (TPSA) is 96.5 Å². The smallest absolute Gasteiger partial charge is 0.313 e. The van der Waals surface area contributed by atoms with Gasteiger partial charge in [0.05, 0.1) is 12.8 Å². The Labute approximate surface area is 148 Å². The Bertz CT molecular complexity index is 648. The number of hydrogen-bond donors (Lipinski definition) is 3. The number of carbonyl (C=O) groups excluding carboxylic acids is 3. The molecule has 0 aliphatic heterocycles. The molecule has 7 nitrogen and oxygen atoms in total. The van der Waals surface area contributed by atoms with Crippen LogP contribution >= 0.6 is 0 Å². The molecule has 0 aliphatic rings. The fourth-order valence-electron chi connectivity index (χ4n) is 1.75. The molecule has 1 aromatic carbocycles. The molecule has 0 aromatic heterocycles. The van der Waals surface area contributed by atoms with E-state index in [1.165, 1.54) is 7.11 Å². The van der Waals surface area contributed by atoms with E-state index in [2.05, 4.69) is 16.0 Å². The van der Waals surface area contributed by atoms with Crippen molar-refractivity contribution in [3.8, 4) is 5.75 Å². The summed E-state index contributed by atoms with van der Waals surface area (Å²) in [5.41, 5.74) is 0.340. The lowest BCUT2D eigenvalue weighted by atomic mass is 9.95. The van der Waals surface area contributed by atoms with E-state index in [0.717, 1.165) is 0 Å². The molecule has 3 N–H and O–H groups in total. The zero-order valence-electron chi connectivity index (χ0n) is 15.6. The highest BCUT2D eigenvalue weighted by molar-refractivity contribution is 6.39. The highest BCUT2D eigenvalue weighted by atomic mass is 16.5. The maximum atomic E-state index is 12.1. The molecule has 0 spiro atoms. The number of methoxy groups -OCH3 is 1. The van der Waals surface area contributed by atoms with Crippen LogP contribution in [0.4, 0.5) is 11.4 Å². The van der Waals surface area contributed by atoms with Gasteiger partial charge in [0.2, 0.25) is 5.91 Å². The molecule has 1 rings (SSSR count). The van der Waals surface area contributed by atoms with Crippen LogP contribution in [-0.4, -0.2) is 31.4 Å². The van der Waals surface area contributed by atoms with Gasteiger partial charge in [-0.2, -0.15) is 0 Å². The molecule has 1 aromatic rings. The van der Waals surface area contributed by atoms with Crippen molar-refractivity contribution >= 4 is 29.1 Å². The zero-order valence-corrected chi connectivity index (χ0v) is 15.6. The monoisotopic (exact) mass is 349 g/mol. The molecule has 0 bridgehead atoms. The third-order valence-electron chi connectivity index (χ3n) is 3.27. The molecule has 0 atom stereocenters. The minimum absolute atomic E-state index is 0.157. The number of amides is 3. The molecule has 0 saturated heterocycles. The summed E-state index contributed by atoms with van der Waals surface area (Å²) in [5.74, 6) is -0.969. The van der Waals surface area contributed by atoms with Gasteiger partial charge in [0.15, 0.2) is 0 Å². The van der Waals surface area contributed by atoms with E-state index in [1.807, 2.05) is 13.8 Å². The van der Waals surface area contributed by atoms with Crippen molar-refractivity contribution in [1.29, 1.82) is 0 Å². The summed E-state index contributed by atoms with van der Waals surface area (Å²) in [6.07, 6.45) is 0. The second-order valence-corrected chi connectivity index (χ2v) is 7.18. The summed E-state index contributed by atoms with van der Waals surface area (Å²) in [4.78, 5) is 35.7. The van der Waals surface area contributed by atoms with E-state index in [0.29, 0.717) is 23.7 Å². The Morgan fingerprint density at radius 1 is 1.08 bits per heavy atom. The van der Waals surface area contributed by atoms with Gasteiger partial charge in [0, 0.05) is 23.7 Å². The number of carbonyl (C=O) groups is 3. The molecule has 7 heteroatoms. The van der Waals surface area contributed by atoms with Crippen LogP contribution in [0.2, 0.25) is 0 Å². The van der Waals surface area contributed by atoms with Crippen molar-refractivity contribution in [2.75, 3.05) is 24.3 Å². The van der Waals surface area contributed by atoms with Crippen molar-refractivity contribution in [2.24, 2.45) is 11.3 Å². The van der Waals surface area contributed by atoms with E-state index in [4.69, 9.17) is 4.74 Å². The van der Waals surface area contributed by atoms with Crippen molar-refractivity contribution in [3.05, 3.63) is 18.2 Å². The summed E-state index contributed by atoms with van der Waals surface area (Å²) >= 11 is 0. The molecule has 0 aliphatic carbocycles. The molecule has 25 heavy (non-hydrogen) atoms. The van der Waals surface area contributed by atoms with E-state index in [-0.39, 0.29) is 11.8 Å². The Morgan fingerprint density at radius 3 is 2.24 bits per heavy atom. The lowest BCUT2D eigenvalue weighted by Gasteiger charge is -2.19. The van der Waals surface area contributed by atoms with Crippen molar-refractivity contribution < 1.29 is 19.1 Å². The van der Waals surface area contributed by atoms with Crippen molar-refractivity contribution in [2.45, 2.75) is 34.6 Å². The molecule has 138 valence electrons. The second-order valence-electron chi connectivity index (χ2n) is 7.18. The van der Waals surface area contributed by atoms with Gasteiger partial charge in [-0.15, -0.1) is 0 Å². The summed E-state index contributed by atoms with van der Waals surface area (Å²) in [7, 11) is 1.46. The third-order valence-corrected chi connectivity index (χ3v) is 3.27. The van der Waals surface area contributed by atoms with Gasteiger partial charge in [-0.05, 0) is 18.1 Å². The Kier molecular flexibility index (Phi) is 6.97. The zero-order chi connectivity index (χ0) is 19.2. The van der Waals surface area contributed by atoms with Gasteiger partial charge in [-0.3, -0.25) is 14.4 Å². The third kappa shape index (κ3) is 6.45. The first kappa shape index (κ1) is 20.5. The maximum absolute atomic E-state index is 12.1. The minimum Gasteiger partial charge on any atom is -0.494 e. The highest BCUT2D eigenvalue weighted by Gasteiger charge is 2.22. The standard InChI is InChI=1S/C18H27N3O4/c1-11(2)10-19-15(22)16(23)20-12-7-8-13(14(9-12)25-6)21-17(24)18(3,4)5/h7-9,11H,10H2,1-6H3,(H,19,22)(H,20,23)(H,21,24). The van der Waals surface area contributed by atoms with Gasteiger partial charge >= 0.3 is 11.8 Å². The number of rotatable bonds is 5. The number of benzene rings is 1. The van der Waals surface area contributed by atoms with Gasteiger partial charge in [0.1, 0.15) is 5.75 Å². The largest absolute Gasteiger partial charge is 0.494 e. The van der Waals surface area contributed by atoms with Crippen LogP contribution < -0.4 is 20.7 Å². The summed E-state index contributed by atoms with van der Waals surface area (Å²) in [6.45, 7) is 9.71. The van der Waals surface area contributed by atoms with Crippen LogP contribution in [-0.2, 0) is 14.4 Å². The molecule has 0 fully saturated rings. The summed E-state index contributed by atoms with van der Waals surface area (Å²) < 4.78 is 5.25. The van der Waals surface area contributed by atoms with Crippen molar-refractivity contribution in [1.82, 2.24) is 5.32 Å². The molecule has 3 amide bonds. The van der Waals surface area contributed by atoms with Crippen LogP contribution in [0.15, 0.2) is 18.2 Å². The average molecular weight is 349 g/mol. The van der Waals surface area contributed by atoms with E-state index >= 15 is 0 Å². The molecule has 0 unspecified atom stereocenters. The van der Waals surface area contributed by atoms with Crippen LogP contribution in [0.5, 0.6) is 5.75 Å². The summed E-state index contributed by atoms with van der Waals surface area (Å²) in [5, 5.41) is 7.83. The van der Waals surface area contributed by atoms with Crippen LogP contribution in [0, 0.1) is 11.3 Å². The molecular weight excluding hydrogens is 322 g/mol. The predicted octanol–water partition coefficient (Wildman–Crippen LogP) is 2.39. The summed E-state index contributed by atoms with van der Waals surface area (Å²) in [6, 6.07) is 4.75. The fraction of sp³-hybridized carbons (Fsp3) is 0.500. The van der Waals surface area contributed by atoms with Gasteiger partial charge < -0.3 is 20.7 Å². The van der Waals surface area contributed by atoms with Crippen molar-refractivity contribution in [3.63, 3.8) is 0 Å². The number of hydrogen-bond acceptors (Lipinski definition) is 4. The molecule has 0 heterocycles. The van der Waals surface area contributed by atoms with Gasteiger partial charge in [-0.1, -0.05) is 34.6 Å². The average Bonchev–Trinajstić information content (AvgIpc) is 2.52. The van der Waals surface area contributed by atoms with Crippen LogP contribution in [0.1, 0.15) is 34.6 Å². The first-order valence-electron chi connectivity index (χ1n) is 8.13. The molecule has 0 saturated carbocycles. The molecule has 0 radical (unpaired) electrons. The van der Waals surface area contributed by atoms with Gasteiger partial charge in [0.25, 0.3) is 0 Å². The highest BCUT2D eigenvalue weighted by Crippen LogP contribution is 2.29. The Hall–Kier alpha value is -2.57. The predicted molar refractivity (Wildman–Crippen MR) is 97.6 cm³/mol. The number of anilines is 2. The minimum atomic E-state index is -0.755. The van der Waals surface area contributed by atoms with E-state index in [1.54, 1.807) is 39.0 Å². The van der Waals surface area contributed by atoms with Crippen LogP contribution in [0.3, 0.4) is 0 Å². The number of nitrogens with one attached hydrogen (secondary N) is 3. The van der Waals surface area contributed by atoms with E-state index < -0.39 is 17.2 Å². The molecular formula is C18H27N3O4. The quantitative estimate of drug-likeness (QED) is 0.711. The fourth-order valence-corrected chi connectivity index (χ4v) is 1.75. The lowest BCUT2D eigenvalue weighted by molar-refractivity contribution is -0.136. The van der Waals surface area contributed by atoms with Crippen LogP contribution in [0.25, 0.3) is 0 Å². The SMILES string of the molecule is COc1cc(NC(=O)C(=O)NCC(C)C)ccc1NC(=O)C(C)(C)C. The first-order valence-corrected chi connectivity index (χ1v) is 8.13. The Morgan fingerprint density at radius 2 is 1.72 bits per heavy atom. The lowest BCUT2D eigenvalue weighted by Crippen LogP contribution is -2.37. The van der Waals surface area contributed by atoms with E-state index in [9.17, 15) is 14.4 Å². The normalized spacial score (nSPS) is 11.0. The maximum Gasteiger partial charge on any atom is 0.313 e.